The zero-order chi connectivity index (χ0) is 25.3. The average Bonchev–Trinajstić information content (AvgIpc) is 2.79. The van der Waals surface area contributed by atoms with Crippen molar-refractivity contribution in [3.05, 3.63) is 64.6 Å². The van der Waals surface area contributed by atoms with Gasteiger partial charge in [-0.25, -0.2) is 8.42 Å². The van der Waals surface area contributed by atoms with Crippen molar-refractivity contribution < 1.29 is 18.0 Å². The molecule has 2 aromatic carbocycles. The predicted octanol–water partition coefficient (Wildman–Crippen LogP) is 4.33. The molecule has 2 atom stereocenters. The van der Waals surface area contributed by atoms with Gasteiger partial charge < -0.3 is 10.2 Å². The van der Waals surface area contributed by atoms with Gasteiger partial charge in [0.15, 0.2) is 0 Å². The SMILES string of the molecule is CC[C@H](C)NC(=O)[C@H](C)N(Cc1cccc(Br)c1)C(=O)CCCN(c1ccccc1)S(C)(=O)=O. The summed E-state index contributed by atoms with van der Waals surface area (Å²) in [6.45, 7) is 6.09. The van der Waals surface area contributed by atoms with Gasteiger partial charge in [0, 0.05) is 30.0 Å². The molecule has 0 saturated heterocycles. The third-order valence-electron chi connectivity index (χ3n) is 5.61. The Morgan fingerprint density at radius 1 is 1.06 bits per heavy atom. The molecule has 0 spiro atoms. The van der Waals surface area contributed by atoms with Gasteiger partial charge in [-0.3, -0.25) is 13.9 Å². The van der Waals surface area contributed by atoms with Crippen LogP contribution in [-0.2, 0) is 26.2 Å². The van der Waals surface area contributed by atoms with Crippen molar-refractivity contribution in [2.24, 2.45) is 0 Å². The van der Waals surface area contributed by atoms with Crippen molar-refractivity contribution in [2.75, 3.05) is 17.1 Å². The number of halogens is 1. The second kappa shape index (κ2) is 12.9. The molecule has 1 N–H and O–H groups in total. The lowest BCUT2D eigenvalue weighted by molar-refractivity contribution is -0.140. The van der Waals surface area contributed by atoms with Crippen LogP contribution >= 0.6 is 15.9 Å². The van der Waals surface area contributed by atoms with Gasteiger partial charge in [-0.1, -0.05) is 53.2 Å². The number of nitrogens with one attached hydrogen (secondary N) is 1. The van der Waals surface area contributed by atoms with Crippen molar-refractivity contribution >= 4 is 43.5 Å². The zero-order valence-electron chi connectivity index (χ0n) is 20.2. The minimum absolute atomic E-state index is 0.00645. The molecular formula is C25H34BrN3O4S. The van der Waals surface area contributed by atoms with Crippen LogP contribution in [0.25, 0.3) is 0 Å². The highest BCUT2D eigenvalue weighted by Gasteiger charge is 2.27. The van der Waals surface area contributed by atoms with E-state index >= 15 is 0 Å². The second-order valence-electron chi connectivity index (χ2n) is 8.42. The average molecular weight is 553 g/mol. The Bertz CT molecular complexity index is 1060. The highest BCUT2D eigenvalue weighted by atomic mass is 79.9. The van der Waals surface area contributed by atoms with Crippen molar-refractivity contribution in [1.29, 1.82) is 0 Å². The van der Waals surface area contributed by atoms with Gasteiger partial charge in [0.25, 0.3) is 0 Å². The number of nitrogens with zero attached hydrogens (tertiary/aromatic N) is 2. The maximum atomic E-state index is 13.3. The molecule has 0 aliphatic carbocycles. The van der Waals surface area contributed by atoms with E-state index in [4.69, 9.17) is 0 Å². The molecule has 34 heavy (non-hydrogen) atoms. The van der Waals surface area contributed by atoms with Gasteiger partial charge in [0.2, 0.25) is 21.8 Å². The Hall–Kier alpha value is -2.39. The molecule has 0 heterocycles. The first-order valence-corrected chi connectivity index (χ1v) is 14.0. The number of benzene rings is 2. The molecular weight excluding hydrogens is 518 g/mol. The van der Waals surface area contributed by atoms with Gasteiger partial charge in [0.1, 0.15) is 6.04 Å². The van der Waals surface area contributed by atoms with Crippen LogP contribution in [0.5, 0.6) is 0 Å². The minimum Gasteiger partial charge on any atom is -0.352 e. The summed E-state index contributed by atoms with van der Waals surface area (Å²) < 4.78 is 26.8. The van der Waals surface area contributed by atoms with Crippen LogP contribution in [0.3, 0.4) is 0 Å². The van der Waals surface area contributed by atoms with E-state index in [1.54, 1.807) is 36.1 Å². The molecule has 0 fully saturated rings. The third-order valence-corrected chi connectivity index (χ3v) is 7.29. The summed E-state index contributed by atoms with van der Waals surface area (Å²) in [5, 5.41) is 2.95. The molecule has 7 nitrogen and oxygen atoms in total. The molecule has 186 valence electrons. The molecule has 2 aromatic rings. The molecule has 2 rings (SSSR count). The predicted molar refractivity (Wildman–Crippen MR) is 140 cm³/mol. The van der Waals surface area contributed by atoms with E-state index in [1.807, 2.05) is 44.2 Å². The van der Waals surface area contributed by atoms with Crippen LogP contribution in [0.1, 0.15) is 45.6 Å². The van der Waals surface area contributed by atoms with Crippen molar-refractivity contribution in [2.45, 2.75) is 58.7 Å². The Morgan fingerprint density at radius 2 is 1.74 bits per heavy atom. The quantitative estimate of drug-likeness (QED) is 0.425. The number of hydrogen-bond donors (Lipinski definition) is 1. The third kappa shape index (κ3) is 8.43. The lowest BCUT2D eigenvalue weighted by Crippen LogP contribution is -2.49. The van der Waals surface area contributed by atoms with Crippen molar-refractivity contribution in [1.82, 2.24) is 10.2 Å². The second-order valence-corrected chi connectivity index (χ2v) is 11.2. The first kappa shape index (κ1) is 27.9. The molecule has 0 aliphatic rings. The van der Waals surface area contributed by atoms with Crippen LogP contribution in [0.4, 0.5) is 5.69 Å². The van der Waals surface area contributed by atoms with Gasteiger partial charge in [0.05, 0.1) is 11.9 Å². The van der Waals surface area contributed by atoms with E-state index in [-0.39, 0.29) is 37.4 Å². The van der Waals surface area contributed by atoms with E-state index in [9.17, 15) is 18.0 Å². The number of hydrogen-bond acceptors (Lipinski definition) is 4. The molecule has 2 amide bonds. The maximum Gasteiger partial charge on any atom is 0.242 e. The van der Waals surface area contributed by atoms with E-state index in [1.165, 1.54) is 4.31 Å². The topological polar surface area (TPSA) is 86.8 Å². The fourth-order valence-electron chi connectivity index (χ4n) is 3.48. The number of carbonyl (C=O) groups excluding carboxylic acids is 2. The molecule has 0 aliphatic heterocycles. The van der Waals surface area contributed by atoms with Gasteiger partial charge in [-0.15, -0.1) is 0 Å². The monoisotopic (exact) mass is 551 g/mol. The van der Waals surface area contributed by atoms with E-state index in [0.717, 1.165) is 22.7 Å². The number of amides is 2. The summed E-state index contributed by atoms with van der Waals surface area (Å²) in [6, 6.07) is 15.8. The van der Waals surface area contributed by atoms with Crippen LogP contribution in [0.2, 0.25) is 0 Å². The van der Waals surface area contributed by atoms with Crippen molar-refractivity contribution in [3.63, 3.8) is 0 Å². The Balaban J connectivity index is 2.15. The highest BCUT2D eigenvalue weighted by Crippen LogP contribution is 2.19. The molecule has 0 saturated carbocycles. The fourth-order valence-corrected chi connectivity index (χ4v) is 4.89. The summed E-state index contributed by atoms with van der Waals surface area (Å²) in [5.41, 5.74) is 1.46. The van der Waals surface area contributed by atoms with Gasteiger partial charge >= 0.3 is 0 Å². The van der Waals surface area contributed by atoms with E-state index < -0.39 is 16.1 Å². The van der Waals surface area contributed by atoms with Gasteiger partial charge in [-0.05, 0) is 56.5 Å². The number of anilines is 1. The fraction of sp³-hybridized carbons (Fsp3) is 0.440. The first-order chi connectivity index (χ1) is 16.0. The number of rotatable bonds is 12. The summed E-state index contributed by atoms with van der Waals surface area (Å²) in [7, 11) is -3.50. The smallest absolute Gasteiger partial charge is 0.242 e. The largest absolute Gasteiger partial charge is 0.352 e. The molecule has 0 bridgehead atoms. The normalized spacial score (nSPS) is 13.1. The molecule has 0 unspecified atom stereocenters. The summed E-state index contributed by atoms with van der Waals surface area (Å²) in [4.78, 5) is 27.6. The van der Waals surface area contributed by atoms with Crippen LogP contribution < -0.4 is 9.62 Å². The zero-order valence-corrected chi connectivity index (χ0v) is 22.6. The van der Waals surface area contributed by atoms with Crippen molar-refractivity contribution in [3.8, 4) is 0 Å². The Labute approximate surface area is 211 Å². The number of sulfonamides is 1. The Morgan fingerprint density at radius 3 is 2.32 bits per heavy atom. The van der Waals surface area contributed by atoms with E-state index in [0.29, 0.717) is 12.1 Å². The Kier molecular flexibility index (Phi) is 10.6. The first-order valence-electron chi connectivity index (χ1n) is 11.4. The maximum absolute atomic E-state index is 13.3. The summed E-state index contributed by atoms with van der Waals surface area (Å²) >= 11 is 3.45. The molecule has 9 heteroatoms. The lowest BCUT2D eigenvalue weighted by Gasteiger charge is -2.30. The summed E-state index contributed by atoms with van der Waals surface area (Å²) in [5.74, 6) is -0.409. The van der Waals surface area contributed by atoms with E-state index in [2.05, 4.69) is 21.2 Å². The van der Waals surface area contributed by atoms with Crippen LogP contribution in [-0.4, -0.2) is 50.0 Å². The summed E-state index contributed by atoms with van der Waals surface area (Å²) in [6.07, 6.45) is 2.39. The number of para-hydroxylation sites is 1. The molecule has 0 aromatic heterocycles. The van der Waals surface area contributed by atoms with Crippen LogP contribution in [0.15, 0.2) is 59.1 Å². The van der Waals surface area contributed by atoms with Gasteiger partial charge in [-0.2, -0.15) is 0 Å². The number of carbonyl (C=O) groups is 2. The van der Waals surface area contributed by atoms with Crippen LogP contribution in [0, 0.1) is 0 Å². The highest BCUT2D eigenvalue weighted by molar-refractivity contribution is 9.10. The lowest BCUT2D eigenvalue weighted by atomic mass is 10.1. The standard InChI is InChI=1S/C25H34BrN3O4S/c1-5-19(2)27-25(31)20(3)28(18-21-11-9-12-22(26)17-21)24(30)15-10-16-29(34(4,32)33)23-13-7-6-8-14-23/h6-9,11-14,17,19-20H,5,10,15-16,18H2,1-4H3,(H,27,31)/t19-,20-/m0/s1. The minimum atomic E-state index is -3.50. The molecule has 0 radical (unpaired) electrons.